The van der Waals surface area contributed by atoms with Crippen LogP contribution >= 0.6 is 0 Å². The van der Waals surface area contributed by atoms with E-state index in [4.69, 9.17) is 8.83 Å². The number of fused-ring (bicyclic) bond motifs is 6. The van der Waals surface area contributed by atoms with Gasteiger partial charge in [-0.15, -0.1) is 0 Å². The Balaban J connectivity index is 1.02. The van der Waals surface area contributed by atoms with Gasteiger partial charge in [-0.25, -0.2) is 0 Å². The first-order valence-corrected chi connectivity index (χ1v) is 19.3. The molecule has 0 spiro atoms. The number of benzene rings is 9. The van der Waals surface area contributed by atoms with Crippen molar-refractivity contribution in [2.24, 2.45) is 0 Å². The number of para-hydroxylation sites is 3. The van der Waals surface area contributed by atoms with Crippen LogP contribution in [0.15, 0.2) is 221 Å². The van der Waals surface area contributed by atoms with Crippen LogP contribution in [0.5, 0.6) is 0 Å². The highest BCUT2D eigenvalue weighted by molar-refractivity contribution is 6.10. The molecule has 0 radical (unpaired) electrons. The van der Waals surface area contributed by atoms with Gasteiger partial charge in [0.05, 0.1) is 0 Å². The Kier molecular flexibility index (Phi) is 7.82. The van der Waals surface area contributed by atoms with Gasteiger partial charge < -0.3 is 13.7 Å². The summed E-state index contributed by atoms with van der Waals surface area (Å²) in [6, 6.07) is 75.2. The van der Waals surface area contributed by atoms with Crippen LogP contribution in [0.1, 0.15) is 0 Å². The zero-order chi connectivity index (χ0) is 37.7. The molecule has 3 nitrogen and oxygen atoms in total. The molecule has 0 aliphatic heterocycles. The molecule has 268 valence electrons. The fourth-order valence-electron chi connectivity index (χ4n) is 8.25. The van der Waals surface area contributed by atoms with Crippen molar-refractivity contribution in [3.8, 4) is 44.5 Å². The third-order valence-corrected chi connectivity index (χ3v) is 11.1. The van der Waals surface area contributed by atoms with Crippen molar-refractivity contribution in [2.75, 3.05) is 4.90 Å². The summed E-state index contributed by atoms with van der Waals surface area (Å²) >= 11 is 0. The Morgan fingerprint density at radius 2 is 0.737 bits per heavy atom. The summed E-state index contributed by atoms with van der Waals surface area (Å²) in [5.41, 5.74) is 15.9. The van der Waals surface area contributed by atoms with E-state index in [1.807, 2.05) is 24.3 Å². The second kappa shape index (κ2) is 13.6. The van der Waals surface area contributed by atoms with Gasteiger partial charge in [0.1, 0.15) is 22.3 Å². The monoisotopic (exact) mass is 729 g/mol. The van der Waals surface area contributed by atoms with Gasteiger partial charge in [0.25, 0.3) is 0 Å². The van der Waals surface area contributed by atoms with E-state index < -0.39 is 0 Å². The zero-order valence-corrected chi connectivity index (χ0v) is 31.0. The molecule has 0 fully saturated rings. The van der Waals surface area contributed by atoms with E-state index in [9.17, 15) is 0 Å². The van der Waals surface area contributed by atoms with E-state index >= 15 is 0 Å². The number of furan rings is 2. The minimum Gasteiger partial charge on any atom is -0.456 e. The maximum Gasteiger partial charge on any atom is 0.143 e. The van der Waals surface area contributed by atoms with E-state index in [-0.39, 0.29) is 0 Å². The molecule has 0 bridgehead atoms. The van der Waals surface area contributed by atoms with E-state index in [1.54, 1.807) is 0 Å². The Morgan fingerprint density at radius 3 is 1.46 bits per heavy atom. The van der Waals surface area contributed by atoms with Crippen LogP contribution < -0.4 is 4.90 Å². The first kappa shape index (κ1) is 32.8. The van der Waals surface area contributed by atoms with Crippen molar-refractivity contribution in [3.63, 3.8) is 0 Å². The molecule has 2 aromatic heterocycles. The summed E-state index contributed by atoms with van der Waals surface area (Å²) in [5.74, 6) is 0. The van der Waals surface area contributed by atoms with Gasteiger partial charge in [0.2, 0.25) is 0 Å². The second-order valence-electron chi connectivity index (χ2n) is 14.5. The predicted octanol–water partition coefficient (Wildman–Crippen LogP) is 15.6. The molecule has 3 heteroatoms. The number of hydrogen-bond donors (Lipinski definition) is 0. The Hall–Kier alpha value is -7.62. The van der Waals surface area contributed by atoms with E-state index in [1.165, 1.54) is 16.7 Å². The maximum atomic E-state index is 6.49. The number of nitrogens with zero attached hydrogens (tertiary/aromatic N) is 1. The molecular formula is C54H35NO2. The quantitative estimate of drug-likeness (QED) is 0.164. The zero-order valence-electron chi connectivity index (χ0n) is 31.0. The highest BCUT2D eigenvalue weighted by Crippen LogP contribution is 2.42. The third kappa shape index (κ3) is 5.85. The predicted molar refractivity (Wildman–Crippen MR) is 237 cm³/mol. The Labute approximate surface area is 330 Å². The van der Waals surface area contributed by atoms with Crippen LogP contribution in [-0.2, 0) is 0 Å². The highest BCUT2D eigenvalue weighted by Gasteiger charge is 2.18. The molecule has 0 saturated heterocycles. The smallest absolute Gasteiger partial charge is 0.143 e. The van der Waals surface area contributed by atoms with Gasteiger partial charge in [0.15, 0.2) is 0 Å². The molecule has 0 unspecified atom stereocenters. The van der Waals surface area contributed by atoms with Gasteiger partial charge in [-0.05, 0) is 99.6 Å². The number of hydrogen-bond acceptors (Lipinski definition) is 3. The first-order valence-electron chi connectivity index (χ1n) is 19.3. The second-order valence-corrected chi connectivity index (χ2v) is 14.5. The van der Waals surface area contributed by atoms with Gasteiger partial charge in [-0.1, -0.05) is 152 Å². The van der Waals surface area contributed by atoms with Gasteiger partial charge in [-0.3, -0.25) is 0 Å². The minimum atomic E-state index is 0.892. The van der Waals surface area contributed by atoms with Crippen LogP contribution in [0.25, 0.3) is 88.4 Å². The Bertz CT molecular complexity index is 3230. The van der Waals surface area contributed by atoms with Crippen molar-refractivity contribution in [1.82, 2.24) is 0 Å². The molecular weight excluding hydrogens is 695 g/mol. The average Bonchev–Trinajstić information content (AvgIpc) is 3.86. The molecule has 0 aliphatic carbocycles. The van der Waals surface area contributed by atoms with Crippen molar-refractivity contribution in [1.29, 1.82) is 0 Å². The fourth-order valence-corrected chi connectivity index (χ4v) is 8.25. The molecule has 11 rings (SSSR count). The normalized spacial score (nSPS) is 11.5. The lowest BCUT2D eigenvalue weighted by molar-refractivity contribution is 0.669. The molecule has 0 atom stereocenters. The highest BCUT2D eigenvalue weighted by atomic mass is 16.3. The third-order valence-electron chi connectivity index (χ3n) is 11.1. The summed E-state index contributed by atoms with van der Waals surface area (Å²) in [6.07, 6.45) is 0. The molecule has 11 aromatic rings. The summed E-state index contributed by atoms with van der Waals surface area (Å²) in [4.78, 5) is 2.35. The van der Waals surface area contributed by atoms with Crippen LogP contribution in [0.3, 0.4) is 0 Å². The minimum absolute atomic E-state index is 0.892. The lowest BCUT2D eigenvalue weighted by atomic mass is 9.99. The molecule has 0 saturated carbocycles. The fraction of sp³-hybridized carbons (Fsp3) is 0. The standard InChI is InChI=1S/C54H35NO2/c1-2-11-36(12-3-1)37-23-25-38(26-24-37)39-27-30-43(31-28-39)55(44-15-8-13-40(33-44)41-29-32-53-50(35-41)48-18-5-6-21-51(48)56-53)45-16-9-14-42(34-45)46-19-10-20-49-47-17-4-7-22-52(47)57-54(46)49/h1-35H. The Morgan fingerprint density at radius 1 is 0.263 bits per heavy atom. The van der Waals surface area contributed by atoms with Gasteiger partial charge >= 0.3 is 0 Å². The van der Waals surface area contributed by atoms with Gasteiger partial charge in [0, 0.05) is 44.2 Å². The van der Waals surface area contributed by atoms with Crippen molar-refractivity contribution in [3.05, 3.63) is 212 Å². The van der Waals surface area contributed by atoms with Crippen LogP contribution in [0.2, 0.25) is 0 Å². The van der Waals surface area contributed by atoms with Crippen LogP contribution in [-0.4, -0.2) is 0 Å². The summed E-state index contributed by atoms with van der Waals surface area (Å²) in [7, 11) is 0. The lowest BCUT2D eigenvalue weighted by Gasteiger charge is -2.27. The van der Waals surface area contributed by atoms with E-state index in [2.05, 4.69) is 193 Å². The molecule has 9 aromatic carbocycles. The molecule has 0 aliphatic rings. The number of rotatable bonds is 7. The molecule has 0 N–H and O–H groups in total. The summed E-state index contributed by atoms with van der Waals surface area (Å²) < 4.78 is 12.7. The topological polar surface area (TPSA) is 29.5 Å². The lowest BCUT2D eigenvalue weighted by Crippen LogP contribution is -2.10. The molecule has 57 heavy (non-hydrogen) atoms. The van der Waals surface area contributed by atoms with Crippen molar-refractivity contribution >= 4 is 60.9 Å². The van der Waals surface area contributed by atoms with Gasteiger partial charge in [-0.2, -0.15) is 0 Å². The van der Waals surface area contributed by atoms with E-state index in [0.717, 1.165) is 88.8 Å². The largest absolute Gasteiger partial charge is 0.456 e. The van der Waals surface area contributed by atoms with Crippen molar-refractivity contribution in [2.45, 2.75) is 0 Å². The molecule has 2 heterocycles. The van der Waals surface area contributed by atoms with Crippen molar-refractivity contribution < 1.29 is 8.83 Å². The van der Waals surface area contributed by atoms with E-state index in [0.29, 0.717) is 0 Å². The summed E-state index contributed by atoms with van der Waals surface area (Å²) in [6.45, 7) is 0. The average molecular weight is 730 g/mol. The van der Waals surface area contributed by atoms with Crippen LogP contribution in [0, 0.1) is 0 Å². The van der Waals surface area contributed by atoms with Crippen LogP contribution in [0.4, 0.5) is 17.1 Å². The first-order chi connectivity index (χ1) is 28.2. The summed E-state index contributed by atoms with van der Waals surface area (Å²) in [5, 5.41) is 4.48. The SMILES string of the molecule is c1ccc(-c2ccc(-c3ccc(N(c4cccc(-c5ccc6oc7ccccc7c6c5)c4)c4cccc(-c5cccc6c5oc5ccccc56)c4)cc3)cc2)cc1. The molecule has 0 amide bonds. The number of anilines is 3. The maximum absolute atomic E-state index is 6.49.